The van der Waals surface area contributed by atoms with Gasteiger partial charge in [0.1, 0.15) is 5.82 Å². The molecule has 1 N–H and O–H groups in total. The van der Waals surface area contributed by atoms with Crippen LogP contribution in [0.3, 0.4) is 0 Å². The van der Waals surface area contributed by atoms with Crippen molar-refractivity contribution in [2.75, 3.05) is 43.6 Å². The van der Waals surface area contributed by atoms with Crippen molar-refractivity contribution < 1.29 is 4.74 Å². The topological polar surface area (TPSA) is 54.7 Å². The van der Waals surface area contributed by atoms with Gasteiger partial charge in [-0.15, -0.1) is 0 Å². The molecule has 0 aliphatic rings. The van der Waals surface area contributed by atoms with Crippen LogP contribution in [0.4, 0.5) is 11.6 Å². The Morgan fingerprint density at radius 1 is 1.42 bits per heavy atom. The number of aromatic nitrogens is 3. The van der Waals surface area contributed by atoms with Crippen LogP contribution in [-0.4, -0.2) is 47.7 Å². The molecular formula is C13H21N5O. The van der Waals surface area contributed by atoms with Crippen LogP contribution in [-0.2, 0) is 4.74 Å². The fourth-order valence-electron chi connectivity index (χ4n) is 1.89. The molecule has 0 amide bonds. The van der Waals surface area contributed by atoms with Gasteiger partial charge in [0, 0.05) is 39.1 Å². The van der Waals surface area contributed by atoms with Gasteiger partial charge in [-0.3, -0.25) is 0 Å². The summed E-state index contributed by atoms with van der Waals surface area (Å²) < 4.78 is 7.37. The molecule has 0 atom stereocenters. The summed E-state index contributed by atoms with van der Waals surface area (Å²) in [6.45, 7) is 7.10. The second-order valence-corrected chi connectivity index (χ2v) is 4.26. The quantitative estimate of drug-likeness (QED) is 0.770. The van der Waals surface area contributed by atoms with Crippen molar-refractivity contribution in [3.8, 4) is 0 Å². The summed E-state index contributed by atoms with van der Waals surface area (Å²) in [5, 5.41) is 3.23. The SMILES string of the molecule is CCNc1cn2ccnc2c(N(C)CCOCC)n1. The lowest BCUT2D eigenvalue weighted by Crippen LogP contribution is -2.24. The van der Waals surface area contributed by atoms with Gasteiger partial charge in [-0.05, 0) is 13.8 Å². The Hall–Kier alpha value is -1.82. The first-order chi connectivity index (χ1) is 9.26. The molecule has 0 aliphatic heterocycles. The number of hydrogen-bond donors (Lipinski definition) is 1. The van der Waals surface area contributed by atoms with Crippen LogP contribution in [0.5, 0.6) is 0 Å². The molecule has 2 heterocycles. The van der Waals surface area contributed by atoms with E-state index in [2.05, 4.69) is 27.1 Å². The third kappa shape index (κ3) is 3.14. The maximum atomic E-state index is 5.38. The van der Waals surface area contributed by atoms with Gasteiger partial charge < -0.3 is 19.4 Å². The molecule has 0 saturated carbocycles. The van der Waals surface area contributed by atoms with E-state index in [1.807, 2.05) is 30.8 Å². The third-order valence-electron chi connectivity index (χ3n) is 2.85. The van der Waals surface area contributed by atoms with Crippen LogP contribution in [0.25, 0.3) is 5.65 Å². The van der Waals surface area contributed by atoms with Crippen molar-refractivity contribution in [1.82, 2.24) is 14.4 Å². The van der Waals surface area contributed by atoms with Gasteiger partial charge in [0.2, 0.25) is 0 Å². The largest absolute Gasteiger partial charge is 0.380 e. The van der Waals surface area contributed by atoms with Crippen molar-refractivity contribution in [3.05, 3.63) is 18.6 Å². The molecule has 0 radical (unpaired) electrons. The smallest absolute Gasteiger partial charge is 0.180 e. The van der Waals surface area contributed by atoms with E-state index in [1.165, 1.54) is 0 Å². The van der Waals surface area contributed by atoms with E-state index in [1.54, 1.807) is 6.20 Å². The van der Waals surface area contributed by atoms with E-state index >= 15 is 0 Å². The zero-order chi connectivity index (χ0) is 13.7. The van der Waals surface area contributed by atoms with Crippen LogP contribution >= 0.6 is 0 Å². The van der Waals surface area contributed by atoms with Crippen LogP contribution in [0.15, 0.2) is 18.6 Å². The minimum Gasteiger partial charge on any atom is -0.380 e. The summed E-state index contributed by atoms with van der Waals surface area (Å²) >= 11 is 0. The summed E-state index contributed by atoms with van der Waals surface area (Å²) in [4.78, 5) is 11.0. The predicted octanol–water partition coefficient (Wildman–Crippen LogP) is 1.63. The molecule has 19 heavy (non-hydrogen) atoms. The number of likely N-dealkylation sites (N-methyl/N-ethyl adjacent to an activating group) is 1. The fourth-order valence-corrected chi connectivity index (χ4v) is 1.89. The Morgan fingerprint density at radius 2 is 2.26 bits per heavy atom. The number of nitrogens with zero attached hydrogens (tertiary/aromatic N) is 4. The van der Waals surface area contributed by atoms with Crippen LogP contribution in [0.1, 0.15) is 13.8 Å². The molecule has 0 aromatic carbocycles. The molecule has 2 rings (SSSR count). The Labute approximate surface area is 113 Å². The summed E-state index contributed by atoms with van der Waals surface area (Å²) in [6, 6.07) is 0. The second-order valence-electron chi connectivity index (χ2n) is 4.26. The van der Waals surface area contributed by atoms with Crippen LogP contribution in [0, 0.1) is 0 Å². The predicted molar refractivity (Wildman–Crippen MR) is 76.9 cm³/mol. The van der Waals surface area contributed by atoms with Crippen molar-refractivity contribution >= 4 is 17.3 Å². The van der Waals surface area contributed by atoms with E-state index in [-0.39, 0.29) is 0 Å². The number of ether oxygens (including phenoxy) is 1. The molecule has 6 heteroatoms. The van der Waals surface area contributed by atoms with Crippen LogP contribution in [0.2, 0.25) is 0 Å². The van der Waals surface area contributed by atoms with E-state index in [0.29, 0.717) is 6.61 Å². The Morgan fingerprint density at radius 3 is 3.00 bits per heavy atom. The van der Waals surface area contributed by atoms with Gasteiger partial charge in [-0.1, -0.05) is 0 Å². The van der Waals surface area contributed by atoms with E-state index in [9.17, 15) is 0 Å². The van der Waals surface area contributed by atoms with Gasteiger partial charge in [0.05, 0.1) is 12.8 Å². The Kier molecular flexibility index (Phi) is 4.57. The highest BCUT2D eigenvalue weighted by molar-refractivity contribution is 5.66. The Balaban J connectivity index is 2.26. The monoisotopic (exact) mass is 263 g/mol. The molecule has 0 aliphatic carbocycles. The van der Waals surface area contributed by atoms with E-state index in [0.717, 1.165) is 37.0 Å². The molecule has 6 nitrogen and oxygen atoms in total. The van der Waals surface area contributed by atoms with Gasteiger partial charge in [-0.25, -0.2) is 9.97 Å². The lowest BCUT2D eigenvalue weighted by molar-refractivity contribution is 0.154. The van der Waals surface area contributed by atoms with Gasteiger partial charge in [0.15, 0.2) is 11.5 Å². The first kappa shape index (κ1) is 13.6. The van der Waals surface area contributed by atoms with Crippen molar-refractivity contribution in [2.45, 2.75) is 13.8 Å². The highest BCUT2D eigenvalue weighted by Crippen LogP contribution is 2.19. The summed E-state index contributed by atoms with van der Waals surface area (Å²) in [5.41, 5.74) is 0.862. The number of imidazole rings is 1. The first-order valence-electron chi connectivity index (χ1n) is 6.62. The highest BCUT2D eigenvalue weighted by Gasteiger charge is 2.11. The molecule has 2 aromatic heterocycles. The first-order valence-corrected chi connectivity index (χ1v) is 6.62. The maximum absolute atomic E-state index is 5.38. The zero-order valence-corrected chi connectivity index (χ0v) is 11.8. The zero-order valence-electron chi connectivity index (χ0n) is 11.8. The minimum atomic E-state index is 0.687. The molecule has 0 bridgehead atoms. The van der Waals surface area contributed by atoms with Crippen LogP contribution < -0.4 is 10.2 Å². The molecular weight excluding hydrogens is 242 g/mol. The second kappa shape index (κ2) is 6.38. The molecule has 0 saturated heterocycles. The summed E-state index contributed by atoms with van der Waals surface area (Å²) in [7, 11) is 2.01. The number of hydrogen-bond acceptors (Lipinski definition) is 5. The maximum Gasteiger partial charge on any atom is 0.180 e. The highest BCUT2D eigenvalue weighted by atomic mass is 16.5. The number of rotatable bonds is 7. The summed E-state index contributed by atoms with van der Waals surface area (Å²) in [5.74, 6) is 1.72. The van der Waals surface area contributed by atoms with Crippen molar-refractivity contribution in [3.63, 3.8) is 0 Å². The molecule has 0 unspecified atom stereocenters. The molecule has 2 aromatic rings. The lowest BCUT2D eigenvalue weighted by Gasteiger charge is -2.19. The standard InChI is InChI=1S/C13H21N5O/c1-4-14-11-10-18-7-6-15-12(18)13(16-11)17(3)8-9-19-5-2/h6-7,10,14H,4-5,8-9H2,1-3H3. The van der Waals surface area contributed by atoms with Gasteiger partial charge >= 0.3 is 0 Å². The Bertz CT molecular complexity index is 525. The third-order valence-corrected chi connectivity index (χ3v) is 2.85. The molecule has 104 valence electrons. The summed E-state index contributed by atoms with van der Waals surface area (Å²) in [6.07, 6.45) is 5.66. The molecule has 0 spiro atoms. The molecule has 0 fully saturated rings. The van der Waals surface area contributed by atoms with Gasteiger partial charge in [0.25, 0.3) is 0 Å². The normalized spacial score (nSPS) is 10.9. The number of anilines is 2. The van der Waals surface area contributed by atoms with Crippen molar-refractivity contribution in [1.29, 1.82) is 0 Å². The van der Waals surface area contributed by atoms with E-state index < -0.39 is 0 Å². The average molecular weight is 263 g/mol. The van der Waals surface area contributed by atoms with Gasteiger partial charge in [-0.2, -0.15) is 0 Å². The number of nitrogens with one attached hydrogen (secondary N) is 1. The average Bonchev–Trinajstić information content (AvgIpc) is 2.86. The van der Waals surface area contributed by atoms with E-state index in [4.69, 9.17) is 4.74 Å². The fraction of sp³-hybridized carbons (Fsp3) is 0.538. The lowest BCUT2D eigenvalue weighted by atomic mass is 10.5. The number of fused-ring (bicyclic) bond motifs is 1. The van der Waals surface area contributed by atoms with Crippen molar-refractivity contribution in [2.24, 2.45) is 0 Å². The minimum absolute atomic E-state index is 0.687.